The van der Waals surface area contributed by atoms with E-state index in [1.54, 1.807) is 31.8 Å². The predicted molar refractivity (Wildman–Crippen MR) is 182 cm³/mol. The van der Waals surface area contributed by atoms with Crippen molar-refractivity contribution in [1.29, 1.82) is 0 Å². The lowest BCUT2D eigenvalue weighted by atomic mass is 9.78. The van der Waals surface area contributed by atoms with Crippen LogP contribution in [0.1, 0.15) is 60.9 Å². The second-order valence-corrected chi connectivity index (χ2v) is 14.1. The number of nitrogens with zero attached hydrogens (tertiary/aromatic N) is 6. The van der Waals surface area contributed by atoms with Gasteiger partial charge in [0.25, 0.3) is 5.91 Å². The molecule has 1 unspecified atom stereocenters. The molecule has 12 nitrogen and oxygen atoms in total. The summed E-state index contributed by atoms with van der Waals surface area (Å²) in [6.07, 6.45) is 8.76. The van der Waals surface area contributed by atoms with Crippen LogP contribution in [-0.2, 0) is 16.1 Å². The fourth-order valence-corrected chi connectivity index (χ4v) is 8.14. The lowest BCUT2D eigenvalue weighted by Gasteiger charge is -2.49. The number of fused-ring (bicyclic) bond motifs is 1. The normalized spacial score (nSPS) is 24.4. The number of hydrogen-bond donors (Lipinski definition) is 2. The first-order valence-corrected chi connectivity index (χ1v) is 17.5. The zero-order valence-corrected chi connectivity index (χ0v) is 28.3. The fraction of sp³-hybridized carbons (Fsp3) is 0.486. The molecule has 252 valence electrons. The van der Waals surface area contributed by atoms with E-state index in [-0.39, 0.29) is 36.5 Å². The Morgan fingerprint density at radius 1 is 1.10 bits per heavy atom. The van der Waals surface area contributed by atoms with Crippen LogP contribution in [0.5, 0.6) is 5.75 Å². The lowest BCUT2D eigenvalue weighted by Crippen LogP contribution is -2.60. The minimum Gasteiger partial charge on any atom is -0.495 e. The highest BCUT2D eigenvalue weighted by atomic mass is 32.1. The third-order valence-corrected chi connectivity index (χ3v) is 10.9. The number of nitrogens with one attached hydrogen (secondary N) is 1. The Morgan fingerprint density at radius 2 is 1.92 bits per heavy atom. The van der Waals surface area contributed by atoms with Crippen molar-refractivity contribution in [3.8, 4) is 16.9 Å². The predicted octanol–water partition coefficient (Wildman–Crippen LogP) is 4.46. The van der Waals surface area contributed by atoms with Crippen molar-refractivity contribution in [2.24, 2.45) is 5.92 Å². The van der Waals surface area contributed by atoms with Gasteiger partial charge >= 0.3 is 0 Å². The van der Waals surface area contributed by atoms with E-state index in [0.29, 0.717) is 41.4 Å². The molecule has 4 heterocycles. The standard InChI is InChI=1S/C35H41N7O5S/c1-20-13-22(9-10-36-20)34(45)41-11-12-42(21(2)18-41)25-14-23(15-25)33(44)40-35-39-27-8-7-26(31(46-3)32(27)48-35)24-16-37-30(38-17-24)19-47-29-6-4-5-28(29)43/h7-10,13,16-17,21,23,25,28-29,43H,4-6,11-12,14-15,18-19H2,1-3H3,(H,39,40,44)/t21?,23?,25?,28-,29-/m0/s1. The van der Waals surface area contributed by atoms with Gasteiger partial charge < -0.3 is 24.8 Å². The highest BCUT2D eigenvalue weighted by molar-refractivity contribution is 7.22. The van der Waals surface area contributed by atoms with Crippen LogP contribution in [0.25, 0.3) is 21.3 Å². The van der Waals surface area contributed by atoms with E-state index in [1.165, 1.54) is 11.3 Å². The summed E-state index contributed by atoms with van der Waals surface area (Å²) in [6.45, 7) is 6.43. The molecule has 2 aliphatic carbocycles. The van der Waals surface area contributed by atoms with Gasteiger partial charge in [-0.05, 0) is 70.2 Å². The monoisotopic (exact) mass is 671 g/mol. The van der Waals surface area contributed by atoms with E-state index in [1.807, 2.05) is 30.0 Å². The number of aryl methyl sites for hydroxylation is 1. The number of rotatable bonds is 9. The number of aromatic nitrogens is 4. The van der Waals surface area contributed by atoms with Crippen molar-refractivity contribution in [2.45, 2.75) is 76.9 Å². The molecule has 0 spiro atoms. The first-order valence-electron chi connectivity index (χ1n) is 16.6. The maximum Gasteiger partial charge on any atom is 0.254 e. The van der Waals surface area contributed by atoms with E-state index >= 15 is 0 Å². The molecule has 13 heteroatoms. The third-order valence-electron chi connectivity index (χ3n) is 9.87. The number of hydrogen-bond acceptors (Lipinski definition) is 11. The number of ether oxygens (including phenoxy) is 2. The second-order valence-electron chi connectivity index (χ2n) is 13.1. The molecule has 3 aliphatic rings. The van der Waals surface area contributed by atoms with E-state index < -0.39 is 6.10 Å². The zero-order valence-electron chi connectivity index (χ0n) is 27.5. The smallest absolute Gasteiger partial charge is 0.254 e. The molecule has 2 saturated carbocycles. The summed E-state index contributed by atoms with van der Waals surface area (Å²) in [6, 6.07) is 8.00. The number of pyridine rings is 1. The minimum atomic E-state index is -0.419. The van der Waals surface area contributed by atoms with E-state index in [0.717, 1.165) is 65.7 Å². The maximum absolute atomic E-state index is 13.2. The maximum atomic E-state index is 13.2. The second kappa shape index (κ2) is 13.8. The molecule has 4 aromatic rings. The minimum absolute atomic E-state index is 0.0182. The Hall–Kier alpha value is -4.04. The average Bonchev–Trinajstić information content (AvgIpc) is 3.68. The van der Waals surface area contributed by atoms with Gasteiger partial charge in [0.1, 0.15) is 12.4 Å². The molecule has 2 amide bonds. The molecule has 1 saturated heterocycles. The first-order chi connectivity index (χ1) is 23.3. The van der Waals surface area contributed by atoms with Crippen molar-refractivity contribution in [3.05, 3.63) is 59.9 Å². The fourth-order valence-electron chi connectivity index (χ4n) is 7.14. The molecule has 48 heavy (non-hydrogen) atoms. The Balaban J connectivity index is 0.941. The quantitative estimate of drug-likeness (QED) is 0.262. The van der Waals surface area contributed by atoms with E-state index in [9.17, 15) is 14.7 Å². The highest BCUT2D eigenvalue weighted by Gasteiger charge is 2.41. The van der Waals surface area contributed by atoms with Crippen LogP contribution in [0.4, 0.5) is 5.13 Å². The average molecular weight is 672 g/mol. The number of thiazole rings is 1. The zero-order chi connectivity index (χ0) is 33.4. The summed E-state index contributed by atoms with van der Waals surface area (Å²) < 4.78 is 12.5. The Labute approximate surface area is 283 Å². The van der Waals surface area contributed by atoms with Crippen LogP contribution in [0.15, 0.2) is 42.9 Å². The van der Waals surface area contributed by atoms with Crippen LogP contribution < -0.4 is 10.1 Å². The summed E-state index contributed by atoms with van der Waals surface area (Å²) in [5, 5.41) is 13.6. The molecular weight excluding hydrogens is 630 g/mol. The van der Waals surface area contributed by atoms with Crippen molar-refractivity contribution in [2.75, 3.05) is 32.1 Å². The summed E-state index contributed by atoms with van der Waals surface area (Å²) in [5.41, 5.74) is 3.88. The topological polar surface area (TPSA) is 143 Å². The van der Waals surface area contributed by atoms with Crippen LogP contribution in [0.2, 0.25) is 0 Å². The number of aliphatic hydroxyl groups excluding tert-OH is 1. The number of carbonyl (C=O) groups is 2. The Morgan fingerprint density at radius 3 is 2.62 bits per heavy atom. The number of methoxy groups -OCH3 is 1. The van der Waals surface area contributed by atoms with Crippen molar-refractivity contribution >= 4 is 38.5 Å². The molecule has 3 fully saturated rings. The Bertz CT molecular complexity index is 1790. The molecule has 3 atom stereocenters. The lowest BCUT2D eigenvalue weighted by molar-refractivity contribution is -0.125. The molecule has 0 bridgehead atoms. The van der Waals surface area contributed by atoms with Gasteiger partial charge in [-0.25, -0.2) is 15.0 Å². The van der Waals surface area contributed by atoms with E-state index in [2.05, 4.69) is 37.1 Å². The van der Waals surface area contributed by atoms with Gasteiger partial charge in [-0.15, -0.1) is 0 Å². The highest BCUT2D eigenvalue weighted by Crippen LogP contribution is 2.41. The Kier molecular flexibility index (Phi) is 9.36. The van der Waals surface area contributed by atoms with Gasteiger partial charge in [-0.2, -0.15) is 0 Å². The van der Waals surface area contributed by atoms with Gasteiger partial charge in [0.05, 0.1) is 29.5 Å². The number of carbonyl (C=O) groups excluding carboxylic acids is 2. The van der Waals surface area contributed by atoms with Gasteiger partial charge in [-0.3, -0.25) is 19.5 Å². The molecule has 2 N–H and O–H groups in total. The van der Waals surface area contributed by atoms with Gasteiger partial charge in [0.15, 0.2) is 11.0 Å². The van der Waals surface area contributed by atoms with Crippen molar-refractivity contribution in [1.82, 2.24) is 29.7 Å². The van der Waals surface area contributed by atoms with Gasteiger partial charge in [0, 0.05) is 78.6 Å². The van der Waals surface area contributed by atoms with Crippen molar-refractivity contribution < 1.29 is 24.2 Å². The van der Waals surface area contributed by atoms with E-state index in [4.69, 9.17) is 9.47 Å². The van der Waals surface area contributed by atoms with Crippen LogP contribution >= 0.6 is 11.3 Å². The van der Waals surface area contributed by atoms with Crippen molar-refractivity contribution in [3.63, 3.8) is 0 Å². The molecule has 0 radical (unpaired) electrons. The third kappa shape index (κ3) is 6.64. The molecule has 3 aromatic heterocycles. The summed E-state index contributed by atoms with van der Waals surface area (Å²) in [4.78, 5) is 48.5. The number of amides is 2. The van der Waals surface area contributed by atoms with Crippen LogP contribution in [-0.4, -0.2) is 97.7 Å². The molecule has 1 aromatic carbocycles. The largest absolute Gasteiger partial charge is 0.495 e. The van der Waals surface area contributed by atoms with Crippen LogP contribution in [0, 0.1) is 12.8 Å². The molecule has 7 rings (SSSR count). The number of benzene rings is 1. The summed E-state index contributed by atoms with van der Waals surface area (Å²) >= 11 is 1.39. The van der Waals surface area contributed by atoms with Crippen LogP contribution in [0.3, 0.4) is 0 Å². The summed E-state index contributed by atoms with van der Waals surface area (Å²) in [5.74, 6) is 1.16. The van der Waals surface area contributed by atoms with Gasteiger partial charge in [0.2, 0.25) is 5.91 Å². The molecular formula is C35H41N7O5S. The number of anilines is 1. The van der Waals surface area contributed by atoms with Gasteiger partial charge in [-0.1, -0.05) is 11.3 Å². The number of aliphatic hydroxyl groups is 1. The molecule has 1 aliphatic heterocycles. The SMILES string of the molecule is COc1c(-c2cnc(CO[C@H]3CCC[C@@H]3O)nc2)ccc2nc(NC(=O)C3CC(N4CCN(C(=O)c5ccnc(C)c5)CC4C)C3)sc12. The number of piperazine rings is 1. The summed E-state index contributed by atoms with van der Waals surface area (Å²) in [7, 11) is 1.62. The first kappa shape index (κ1) is 32.5.